The van der Waals surface area contributed by atoms with Crippen molar-refractivity contribution in [3.8, 4) is 5.69 Å². The lowest BCUT2D eigenvalue weighted by Crippen LogP contribution is -2.10. The molecule has 0 aliphatic carbocycles. The second-order valence-electron chi connectivity index (χ2n) is 16.1. The predicted octanol–water partition coefficient (Wildman–Crippen LogP) is 16.7. The van der Waals surface area contributed by atoms with E-state index in [1.165, 1.54) is 10.8 Å². The summed E-state index contributed by atoms with van der Waals surface area (Å²) in [6, 6.07) is 79.4. The quantitative estimate of drug-likeness (QED) is 0.161. The monoisotopic (exact) mass is 807 g/mol. The highest BCUT2D eigenvalue weighted by Crippen LogP contribution is 2.53. The van der Waals surface area contributed by atoms with Crippen molar-refractivity contribution in [2.75, 3.05) is 9.80 Å². The Morgan fingerprint density at radius 2 is 0.698 bits per heavy atom. The van der Waals surface area contributed by atoms with Gasteiger partial charge in [-0.25, -0.2) is 0 Å². The molecule has 0 saturated carbocycles. The molecule has 0 radical (unpaired) electrons. The second-order valence-corrected chi connectivity index (χ2v) is 16.1. The SMILES string of the molecule is c1ccc(N(c2ccccc2)c2cc3c(c4c2oc2ccccc24)c2c4c(oc5ccccc54)c(N(c4ccccc4)c4ccccc4)cc2n3-c2ccc3ccccc3c2)cc1. The summed E-state index contributed by atoms with van der Waals surface area (Å²) in [7, 11) is 0. The fourth-order valence-electron chi connectivity index (χ4n) is 9.82. The van der Waals surface area contributed by atoms with Gasteiger partial charge in [0.05, 0.1) is 22.4 Å². The minimum absolute atomic E-state index is 0.814. The first-order valence-corrected chi connectivity index (χ1v) is 21.3. The number of para-hydroxylation sites is 6. The van der Waals surface area contributed by atoms with Crippen LogP contribution in [-0.2, 0) is 0 Å². The molecule has 0 N–H and O–H groups in total. The first-order valence-electron chi connectivity index (χ1n) is 21.3. The predicted molar refractivity (Wildman–Crippen MR) is 262 cm³/mol. The fourth-order valence-corrected chi connectivity index (χ4v) is 9.82. The third-order valence-electron chi connectivity index (χ3n) is 12.5. The molecular formula is C58H37N3O2. The Labute approximate surface area is 362 Å². The largest absolute Gasteiger partial charge is 0.454 e. The molecule has 0 atom stereocenters. The van der Waals surface area contributed by atoms with E-state index in [4.69, 9.17) is 8.83 Å². The highest BCUT2D eigenvalue weighted by molar-refractivity contribution is 6.38. The van der Waals surface area contributed by atoms with Crippen molar-refractivity contribution in [1.29, 1.82) is 0 Å². The number of benzene rings is 10. The maximum atomic E-state index is 7.11. The number of furan rings is 2. The fraction of sp³-hybridized carbons (Fsp3) is 0. The Hall–Kier alpha value is -8.54. The molecule has 5 nitrogen and oxygen atoms in total. The van der Waals surface area contributed by atoms with Gasteiger partial charge in [0.1, 0.15) is 11.2 Å². The van der Waals surface area contributed by atoms with Gasteiger partial charge in [-0.3, -0.25) is 0 Å². The van der Waals surface area contributed by atoms with Gasteiger partial charge >= 0.3 is 0 Å². The number of rotatable bonds is 7. The lowest BCUT2D eigenvalue weighted by molar-refractivity contribution is 0.669. The Kier molecular flexibility index (Phi) is 7.84. The average molecular weight is 808 g/mol. The number of aromatic nitrogens is 1. The van der Waals surface area contributed by atoms with Crippen LogP contribution in [0, 0.1) is 0 Å². The lowest BCUT2D eigenvalue weighted by Gasteiger charge is -2.26. The van der Waals surface area contributed by atoms with Gasteiger partial charge in [0.25, 0.3) is 0 Å². The van der Waals surface area contributed by atoms with Gasteiger partial charge in [-0.1, -0.05) is 140 Å². The van der Waals surface area contributed by atoms with Crippen LogP contribution in [-0.4, -0.2) is 4.57 Å². The Morgan fingerprint density at radius 1 is 0.317 bits per heavy atom. The highest BCUT2D eigenvalue weighted by Gasteiger charge is 2.30. The van der Waals surface area contributed by atoms with Crippen LogP contribution in [0.3, 0.4) is 0 Å². The zero-order valence-electron chi connectivity index (χ0n) is 34.0. The molecule has 13 aromatic rings. The first-order chi connectivity index (χ1) is 31.3. The van der Waals surface area contributed by atoms with Crippen molar-refractivity contribution < 1.29 is 8.83 Å². The van der Waals surface area contributed by atoms with E-state index in [2.05, 4.69) is 239 Å². The molecule has 0 aliphatic rings. The van der Waals surface area contributed by atoms with E-state index in [9.17, 15) is 0 Å². The molecule has 0 amide bonds. The molecule has 13 rings (SSSR count). The molecule has 10 aromatic carbocycles. The van der Waals surface area contributed by atoms with E-state index >= 15 is 0 Å². The zero-order valence-corrected chi connectivity index (χ0v) is 34.0. The number of hydrogen-bond acceptors (Lipinski definition) is 4. The number of nitrogens with zero attached hydrogens (tertiary/aromatic N) is 3. The van der Waals surface area contributed by atoms with Crippen LogP contribution < -0.4 is 9.80 Å². The van der Waals surface area contributed by atoms with Crippen LogP contribution in [0.15, 0.2) is 233 Å². The van der Waals surface area contributed by atoms with Gasteiger partial charge in [0, 0.05) is 60.8 Å². The molecule has 0 bridgehead atoms. The van der Waals surface area contributed by atoms with E-state index in [-0.39, 0.29) is 0 Å². The molecule has 63 heavy (non-hydrogen) atoms. The van der Waals surface area contributed by atoms with Crippen LogP contribution in [0.1, 0.15) is 0 Å². The molecule has 0 spiro atoms. The van der Waals surface area contributed by atoms with E-state index in [1.54, 1.807) is 0 Å². The highest BCUT2D eigenvalue weighted by atomic mass is 16.3. The molecule has 0 saturated heterocycles. The van der Waals surface area contributed by atoms with Crippen LogP contribution >= 0.6 is 0 Å². The van der Waals surface area contributed by atoms with E-state index in [0.29, 0.717) is 0 Å². The third-order valence-corrected chi connectivity index (χ3v) is 12.5. The summed E-state index contributed by atoms with van der Waals surface area (Å²) in [5.74, 6) is 0. The van der Waals surface area contributed by atoms with E-state index in [0.717, 1.165) is 105 Å². The van der Waals surface area contributed by atoms with Crippen LogP contribution in [0.2, 0.25) is 0 Å². The Bertz CT molecular complexity index is 3560. The van der Waals surface area contributed by atoms with Crippen molar-refractivity contribution in [2.45, 2.75) is 0 Å². The minimum atomic E-state index is 0.814. The molecular weight excluding hydrogens is 771 g/mol. The second kappa shape index (κ2) is 14.0. The summed E-state index contributed by atoms with van der Waals surface area (Å²) < 4.78 is 16.7. The smallest absolute Gasteiger partial charge is 0.160 e. The minimum Gasteiger partial charge on any atom is -0.454 e. The molecule has 0 aliphatic heterocycles. The molecule has 3 heterocycles. The van der Waals surface area contributed by atoms with Crippen LogP contribution in [0.5, 0.6) is 0 Å². The Morgan fingerprint density at radius 3 is 1.14 bits per heavy atom. The van der Waals surface area contributed by atoms with Crippen molar-refractivity contribution in [1.82, 2.24) is 4.57 Å². The standard InChI is InChI=1S/C58H37N3O2/c1-5-21-40(22-6-1)59(41-23-7-2-8-24-41)49-36-47-55(53-45-29-15-17-31-51(45)62-57(49)53)56-48(61(47)44-34-33-38-19-13-14-20-39(38)35-44)37-50(58-54(56)46-30-16-18-32-52(46)63-58)60(42-25-9-3-10-26-42)43-27-11-4-12-28-43/h1-37H. The summed E-state index contributed by atoms with van der Waals surface area (Å²) in [6.45, 7) is 0. The van der Waals surface area contributed by atoms with E-state index < -0.39 is 0 Å². The lowest BCUT2D eigenvalue weighted by atomic mass is 9.99. The summed E-state index contributed by atoms with van der Waals surface area (Å²) in [6.07, 6.45) is 0. The van der Waals surface area contributed by atoms with Crippen molar-refractivity contribution >= 4 is 111 Å². The van der Waals surface area contributed by atoms with Crippen molar-refractivity contribution in [3.63, 3.8) is 0 Å². The number of anilines is 6. The van der Waals surface area contributed by atoms with Gasteiger partial charge < -0.3 is 23.2 Å². The van der Waals surface area contributed by atoms with Crippen molar-refractivity contribution in [3.05, 3.63) is 224 Å². The summed E-state index contributed by atoms with van der Waals surface area (Å²) in [5, 5.41) is 8.79. The zero-order chi connectivity index (χ0) is 41.4. The number of fused-ring (bicyclic) bond motifs is 12. The van der Waals surface area contributed by atoms with Gasteiger partial charge in [-0.15, -0.1) is 0 Å². The average Bonchev–Trinajstić information content (AvgIpc) is 4.03. The van der Waals surface area contributed by atoms with Gasteiger partial charge in [-0.05, 0) is 95.7 Å². The summed E-state index contributed by atoms with van der Waals surface area (Å²) >= 11 is 0. The van der Waals surface area contributed by atoms with Crippen LogP contribution in [0.4, 0.5) is 34.1 Å². The summed E-state index contributed by atoms with van der Waals surface area (Å²) in [5.41, 5.74) is 12.5. The Balaban J connectivity index is 1.28. The van der Waals surface area contributed by atoms with Gasteiger partial charge in [0.2, 0.25) is 0 Å². The molecule has 296 valence electrons. The molecule has 3 aromatic heterocycles. The molecule has 5 heteroatoms. The van der Waals surface area contributed by atoms with Crippen LogP contribution in [0.25, 0.3) is 82.1 Å². The molecule has 0 unspecified atom stereocenters. The maximum Gasteiger partial charge on any atom is 0.160 e. The maximum absolute atomic E-state index is 7.11. The molecule has 0 fully saturated rings. The normalized spacial score (nSPS) is 11.8. The van der Waals surface area contributed by atoms with Gasteiger partial charge in [-0.2, -0.15) is 0 Å². The first kappa shape index (κ1) is 35.2. The summed E-state index contributed by atoms with van der Waals surface area (Å²) in [4.78, 5) is 4.65. The third kappa shape index (κ3) is 5.43. The van der Waals surface area contributed by atoms with Gasteiger partial charge in [0.15, 0.2) is 11.2 Å². The van der Waals surface area contributed by atoms with Crippen molar-refractivity contribution in [2.24, 2.45) is 0 Å². The number of hydrogen-bond donors (Lipinski definition) is 0. The van der Waals surface area contributed by atoms with E-state index in [1.807, 2.05) is 0 Å². The topological polar surface area (TPSA) is 37.7 Å².